The number of hydrogen-bond donors (Lipinski definition) is 0. The molecule has 0 N–H and O–H groups in total. The Kier molecular flexibility index (Phi) is 9.16. The van der Waals surface area contributed by atoms with E-state index in [0.717, 1.165) is 11.5 Å². The first-order chi connectivity index (χ1) is 17.0. The maximum atomic E-state index is 14.6. The Labute approximate surface area is 211 Å². The summed E-state index contributed by atoms with van der Waals surface area (Å²) in [5.41, 5.74) is 4.03. The van der Waals surface area contributed by atoms with Crippen molar-refractivity contribution in [1.82, 2.24) is 0 Å². The Morgan fingerprint density at radius 3 is 1.83 bits per heavy atom. The van der Waals surface area contributed by atoms with E-state index in [2.05, 4.69) is 43.8 Å². The van der Waals surface area contributed by atoms with Crippen LogP contribution in [0.15, 0.2) is 61.2 Å². The average molecular weight is 481 g/mol. The molecule has 0 atom stereocenters. The first kappa shape index (κ1) is 26.1. The van der Waals surface area contributed by atoms with Gasteiger partial charge in [-0.3, -0.25) is 0 Å². The fraction of sp³-hybridized carbons (Fsp3) is 0.562. The van der Waals surface area contributed by atoms with Crippen molar-refractivity contribution in [3.8, 4) is 0 Å². The van der Waals surface area contributed by atoms with Gasteiger partial charge in [0.2, 0.25) is 0 Å². The molecule has 3 heteroatoms. The zero-order valence-electron chi connectivity index (χ0n) is 21.4. The lowest BCUT2D eigenvalue weighted by Gasteiger charge is -2.28. The molecule has 0 radical (unpaired) electrons. The van der Waals surface area contributed by atoms with Gasteiger partial charge in [0.25, 0.3) is 0 Å². The summed E-state index contributed by atoms with van der Waals surface area (Å²) in [6, 6.07) is 15.9. The zero-order valence-corrected chi connectivity index (χ0v) is 21.4. The molecule has 2 saturated carbocycles. The molecule has 0 saturated heterocycles. The molecule has 0 spiro atoms. The maximum absolute atomic E-state index is 14.6. The van der Waals surface area contributed by atoms with E-state index in [1.54, 1.807) is 0 Å². The Hall–Kier alpha value is -2.00. The van der Waals surface area contributed by atoms with Gasteiger partial charge >= 0.3 is 6.11 Å². The molecule has 0 aliphatic heterocycles. The molecular weight excluding hydrogens is 438 g/mol. The summed E-state index contributed by atoms with van der Waals surface area (Å²) < 4.78 is 34.2. The summed E-state index contributed by atoms with van der Waals surface area (Å²) in [6.07, 6.45) is 10.9. The molecule has 2 fully saturated rings. The molecule has 0 aromatic heterocycles. The molecule has 2 aromatic rings. The molecule has 2 aliphatic carbocycles. The zero-order chi connectivity index (χ0) is 24.7. The molecule has 2 aromatic carbocycles. The minimum absolute atomic E-state index is 0.0738. The van der Waals surface area contributed by atoms with Crippen LogP contribution in [0.25, 0.3) is 0 Å². The number of alkyl halides is 2. The molecule has 1 nitrogen and oxygen atoms in total. The van der Waals surface area contributed by atoms with E-state index in [1.807, 2.05) is 24.3 Å². The minimum Gasteiger partial charge on any atom is -0.315 e. The number of allylic oxidation sites excluding steroid dienone is 1. The Morgan fingerprint density at radius 2 is 1.31 bits per heavy atom. The number of ether oxygens (including phenoxy) is 1. The lowest BCUT2D eigenvalue weighted by atomic mass is 9.77. The normalized spacial score (nSPS) is 25.3. The summed E-state index contributed by atoms with van der Waals surface area (Å²) in [5, 5.41) is 0. The van der Waals surface area contributed by atoms with Gasteiger partial charge in [-0.2, -0.15) is 8.78 Å². The third-order valence-electron chi connectivity index (χ3n) is 8.41. The second-order valence-corrected chi connectivity index (χ2v) is 10.9. The van der Waals surface area contributed by atoms with E-state index in [1.165, 1.54) is 75.3 Å². The molecule has 0 amide bonds. The lowest BCUT2D eigenvalue weighted by Crippen LogP contribution is -2.23. The summed E-state index contributed by atoms with van der Waals surface area (Å²) >= 11 is 0. The highest BCUT2D eigenvalue weighted by Crippen LogP contribution is 2.38. The molecule has 4 rings (SSSR count). The van der Waals surface area contributed by atoms with Gasteiger partial charge in [0.05, 0.1) is 13.0 Å². The van der Waals surface area contributed by atoms with E-state index < -0.39 is 6.11 Å². The summed E-state index contributed by atoms with van der Waals surface area (Å²) in [7, 11) is 0. The number of rotatable bonds is 10. The average Bonchev–Trinajstić information content (AvgIpc) is 2.89. The molecule has 190 valence electrons. The van der Waals surface area contributed by atoms with Crippen molar-refractivity contribution in [3.63, 3.8) is 0 Å². The predicted molar refractivity (Wildman–Crippen MR) is 141 cm³/mol. The van der Waals surface area contributed by atoms with Crippen molar-refractivity contribution in [2.45, 2.75) is 102 Å². The standard InChI is InChI=1S/C32H42F2O/c1-3-5-25-8-16-29(17-9-25)30-18-10-26(11-19-30)22-32(33,34)35-23-27-12-20-31(21-13-27)28-14-6-24(4-2)7-15-28/h4,10-13,18-21,24-25,28-29H,2-3,5-9,14-17,22-23H2,1H3. The smallest absolute Gasteiger partial charge is 0.315 e. The second-order valence-electron chi connectivity index (χ2n) is 10.9. The lowest BCUT2D eigenvalue weighted by molar-refractivity contribution is -0.244. The van der Waals surface area contributed by atoms with E-state index in [9.17, 15) is 8.78 Å². The van der Waals surface area contributed by atoms with Crippen LogP contribution in [0.4, 0.5) is 8.78 Å². The van der Waals surface area contributed by atoms with Gasteiger partial charge in [0.15, 0.2) is 0 Å². The summed E-state index contributed by atoms with van der Waals surface area (Å²) in [4.78, 5) is 0. The van der Waals surface area contributed by atoms with Crippen LogP contribution in [0.2, 0.25) is 0 Å². The molecular formula is C32H42F2O. The summed E-state index contributed by atoms with van der Waals surface area (Å²) in [6.45, 7) is 6.10. The van der Waals surface area contributed by atoms with Gasteiger partial charge < -0.3 is 4.74 Å². The van der Waals surface area contributed by atoms with Crippen LogP contribution in [-0.4, -0.2) is 6.11 Å². The third-order valence-corrected chi connectivity index (χ3v) is 8.41. The Morgan fingerprint density at radius 1 is 0.800 bits per heavy atom. The molecule has 35 heavy (non-hydrogen) atoms. The monoisotopic (exact) mass is 480 g/mol. The first-order valence-electron chi connectivity index (χ1n) is 13.8. The van der Waals surface area contributed by atoms with E-state index >= 15 is 0 Å². The first-order valence-corrected chi connectivity index (χ1v) is 13.8. The Balaban J connectivity index is 1.24. The van der Waals surface area contributed by atoms with Crippen LogP contribution in [0, 0.1) is 11.8 Å². The molecule has 0 unspecified atom stereocenters. The van der Waals surface area contributed by atoms with Crippen LogP contribution in [0.5, 0.6) is 0 Å². The van der Waals surface area contributed by atoms with Gasteiger partial charge in [0, 0.05) is 0 Å². The number of halogens is 2. The largest absolute Gasteiger partial charge is 0.360 e. The highest BCUT2D eigenvalue weighted by molar-refractivity contribution is 5.27. The topological polar surface area (TPSA) is 9.23 Å². The highest BCUT2D eigenvalue weighted by atomic mass is 19.3. The molecule has 2 aliphatic rings. The highest BCUT2D eigenvalue weighted by Gasteiger charge is 2.31. The van der Waals surface area contributed by atoms with Gasteiger partial charge in [-0.15, -0.1) is 6.58 Å². The molecule has 0 heterocycles. The van der Waals surface area contributed by atoms with Gasteiger partial charge in [-0.05, 0) is 97.3 Å². The van der Waals surface area contributed by atoms with Crippen LogP contribution >= 0.6 is 0 Å². The predicted octanol–water partition coefficient (Wildman–Crippen LogP) is 9.57. The Bertz CT molecular complexity index is 902. The van der Waals surface area contributed by atoms with Gasteiger partial charge in [0.1, 0.15) is 0 Å². The van der Waals surface area contributed by atoms with E-state index in [4.69, 9.17) is 4.74 Å². The fourth-order valence-electron chi connectivity index (χ4n) is 6.15. The van der Waals surface area contributed by atoms with Crippen molar-refractivity contribution in [2.24, 2.45) is 11.8 Å². The third kappa shape index (κ3) is 7.49. The number of benzene rings is 2. The van der Waals surface area contributed by atoms with Crippen molar-refractivity contribution in [1.29, 1.82) is 0 Å². The summed E-state index contributed by atoms with van der Waals surface area (Å²) in [5.74, 6) is 2.66. The fourth-order valence-corrected chi connectivity index (χ4v) is 6.15. The quantitative estimate of drug-likeness (QED) is 0.308. The SMILES string of the molecule is C=CC1CCC(c2ccc(COC(F)(F)Cc3ccc(C4CCC(CCC)CC4)cc3)cc2)CC1. The van der Waals surface area contributed by atoms with E-state index in [-0.39, 0.29) is 13.0 Å². The van der Waals surface area contributed by atoms with Crippen LogP contribution in [-0.2, 0) is 17.8 Å². The van der Waals surface area contributed by atoms with Crippen molar-refractivity contribution >= 4 is 0 Å². The van der Waals surface area contributed by atoms with Crippen molar-refractivity contribution < 1.29 is 13.5 Å². The van der Waals surface area contributed by atoms with E-state index in [0.29, 0.717) is 23.3 Å². The maximum Gasteiger partial charge on any atom is 0.360 e. The number of hydrogen-bond acceptors (Lipinski definition) is 1. The minimum atomic E-state index is -3.18. The van der Waals surface area contributed by atoms with Gasteiger partial charge in [-0.25, -0.2) is 0 Å². The molecule has 0 bridgehead atoms. The second kappa shape index (κ2) is 12.3. The van der Waals surface area contributed by atoms with Crippen LogP contribution in [0.3, 0.4) is 0 Å². The van der Waals surface area contributed by atoms with Crippen LogP contribution < -0.4 is 0 Å². The van der Waals surface area contributed by atoms with Gasteiger partial charge in [-0.1, -0.05) is 74.4 Å². The van der Waals surface area contributed by atoms with Crippen LogP contribution in [0.1, 0.15) is 105 Å². The van der Waals surface area contributed by atoms with Crippen molar-refractivity contribution in [3.05, 3.63) is 83.4 Å². The van der Waals surface area contributed by atoms with Crippen molar-refractivity contribution in [2.75, 3.05) is 0 Å².